The minimum atomic E-state index is -4.83. The van der Waals surface area contributed by atoms with E-state index >= 15 is 0 Å². The summed E-state index contributed by atoms with van der Waals surface area (Å²) in [6.45, 7) is 3.86. The van der Waals surface area contributed by atoms with Gasteiger partial charge in [-0.15, -0.1) is 0 Å². The summed E-state index contributed by atoms with van der Waals surface area (Å²) in [5.74, 6) is 1.47. The Labute approximate surface area is 261 Å². The average molecular weight is 650 g/mol. The van der Waals surface area contributed by atoms with Crippen LogP contribution in [0.5, 0.6) is 5.75 Å². The van der Waals surface area contributed by atoms with Gasteiger partial charge in [-0.05, 0) is 67.6 Å². The van der Waals surface area contributed by atoms with E-state index in [9.17, 15) is 36.5 Å². The highest BCUT2D eigenvalue weighted by molar-refractivity contribution is 5.55. The van der Waals surface area contributed by atoms with Gasteiger partial charge in [0.05, 0.1) is 22.8 Å². The molecule has 1 N–H and O–H groups in total. The number of anilines is 2. The largest absolute Gasteiger partial charge is 0.489 e. The lowest BCUT2D eigenvalue weighted by molar-refractivity contribution is -0.388. The Morgan fingerprint density at radius 3 is 2.20 bits per heavy atom. The van der Waals surface area contributed by atoms with Crippen molar-refractivity contribution in [2.45, 2.75) is 50.2 Å². The quantitative estimate of drug-likeness (QED) is 0.145. The smallest absolute Gasteiger partial charge is 0.423 e. The number of halogens is 6. The van der Waals surface area contributed by atoms with Gasteiger partial charge in [0.15, 0.2) is 0 Å². The molecule has 2 aliphatic rings. The van der Waals surface area contributed by atoms with E-state index < -0.39 is 34.1 Å². The number of benzene rings is 2. The SMILES string of the molecule is O=[N+]([O-])c1ccc(NC2CCC(Oc3ccc(N4CCN(C/C=C/c5ccc(C(F)(F)F)cc5)CC4)nc3)CC2)cc1C(F)(F)F. The predicted molar refractivity (Wildman–Crippen MR) is 162 cm³/mol. The van der Waals surface area contributed by atoms with Gasteiger partial charge < -0.3 is 15.0 Å². The Bertz CT molecular complexity index is 1500. The number of nitrogens with one attached hydrogen (secondary N) is 1. The van der Waals surface area contributed by atoms with E-state index in [2.05, 4.69) is 20.1 Å². The number of piperazine rings is 1. The van der Waals surface area contributed by atoms with E-state index in [1.807, 2.05) is 24.3 Å². The van der Waals surface area contributed by atoms with Crippen LogP contribution in [-0.4, -0.2) is 59.7 Å². The predicted octanol–water partition coefficient (Wildman–Crippen LogP) is 7.66. The zero-order valence-electron chi connectivity index (χ0n) is 24.7. The third-order valence-corrected chi connectivity index (χ3v) is 8.18. The molecule has 1 saturated carbocycles. The standard InChI is InChI=1S/C32H33F6N5O3/c33-31(34,35)23-5-3-22(4-6-23)2-1-15-41-16-18-42(19-17-41)30-14-12-27(21-39-30)46-26-10-7-24(8-11-26)40-25-9-13-29(43(44)45)28(20-25)32(36,37)38/h1-6,9,12-14,20-21,24,26,40H,7-8,10-11,15-19H2/b2-1+. The first kappa shape index (κ1) is 33.0. The van der Waals surface area contributed by atoms with Crippen molar-refractivity contribution < 1.29 is 36.0 Å². The molecule has 1 aliphatic carbocycles. The second kappa shape index (κ2) is 14.0. The second-order valence-corrected chi connectivity index (χ2v) is 11.4. The lowest BCUT2D eigenvalue weighted by Gasteiger charge is -2.35. The van der Waals surface area contributed by atoms with E-state index in [4.69, 9.17) is 4.74 Å². The van der Waals surface area contributed by atoms with Gasteiger partial charge in [-0.3, -0.25) is 15.0 Å². The van der Waals surface area contributed by atoms with Crippen LogP contribution in [0.25, 0.3) is 6.08 Å². The topological polar surface area (TPSA) is 83.8 Å². The number of ether oxygens (including phenoxy) is 1. The number of nitro benzene ring substituents is 1. The summed E-state index contributed by atoms with van der Waals surface area (Å²) in [6, 6.07) is 11.8. The first-order valence-corrected chi connectivity index (χ1v) is 14.9. The van der Waals surface area contributed by atoms with Gasteiger partial charge in [0.2, 0.25) is 0 Å². The molecule has 246 valence electrons. The van der Waals surface area contributed by atoms with Gasteiger partial charge in [-0.1, -0.05) is 24.3 Å². The highest BCUT2D eigenvalue weighted by Gasteiger charge is 2.38. The third-order valence-electron chi connectivity index (χ3n) is 8.18. The Hall–Kier alpha value is -4.33. The number of hydrogen-bond acceptors (Lipinski definition) is 7. The molecule has 14 heteroatoms. The molecule has 2 fully saturated rings. The Morgan fingerprint density at radius 2 is 1.61 bits per heavy atom. The third kappa shape index (κ3) is 8.68. The molecule has 0 bridgehead atoms. The Kier molecular flexibility index (Phi) is 10.0. The molecule has 46 heavy (non-hydrogen) atoms. The average Bonchev–Trinajstić information content (AvgIpc) is 3.02. The fraction of sp³-hybridized carbons (Fsp3) is 0.406. The molecule has 2 heterocycles. The summed E-state index contributed by atoms with van der Waals surface area (Å²) in [7, 11) is 0. The summed E-state index contributed by atoms with van der Waals surface area (Å²) in [4.78, 5) is 19.0. The molecule has 2 aromatic carbocycles. The van der Waals surface area contributed by atoms with Gasteiger partial charge in [0.1, 0.15) is 17.1 Å². The fourth-order valence-electron chi connectivity index (χ4n) is 5.68. The lowest BCUT2D eigenvalue weighted by atomic mass is 9.92. The van der Waals surface area contributed by atoms with Crippen molar-refractivity contribution in [2.24, 2.45) is 0 Å². The van der Waals surface area contributed by atoms with Gasteiger partial charge in [-0.2, -0.15) is 26.3 Å². The zero-order valence-corrected chi connectivity index (χ0v) is 24.7. The van der Waals surface area contributed by atoms with Crippen LogP contribution in [0.2, 0.25) is 0 Å². The molecule has 0 unspecified atom stereocenters. The van der Waals surface area contributed by atoms with Crippen molar-refractivity contribution in [2.75, 3.05) is 42.9 Å². The van der Waals surface area contributed by atoms with Gasteiger partial charge >= 0.3 is 12.4 Å². The minimum Gasteiger partial charge on any atom is -0.489 e. The molecule has 0 spiro atoms. The van der Waals surface area contributed by atoms with Crippen LogP contribution in [0.15, 0.2) is 66.9 Å². The molecular weight excluding hydrogens is 616 g/mol. The van der Waals surface area contributed by atoms with E-state index in [0.717, 1.165) is 56.3 Å². The van der Waals surface area contributed by atoms with E-state index in [1.54, 1.807) is 6.20 Å². The van der Waals surface area contributed by atoms with E-state index in [0.29, 0.717) is 43.5 Å². The first-order valence-electron chi connectivity index (χ1n) is 14.9. The summed E-state index contributed by atoms with van der Waals surface area (Å²) < 4.78 is 84.2. The summed E-state index contributed by atoms with van der Waals surface area (Å²) >= 11 is 0. The zero-order chi connectivity index (χ0) is 32.9. The molecular formula is C32H33F6N5O3. The summed E-state index contributed by atoms with van der Waals surface area (Å²) in [5, 5.41) is 14.1. The number of aromatic nitrogens is 1. The van der Waals surface area contributed by atoms with Gasteiger partial charge in [0.25, 0.3) is 5.69 Å². The lowest BCUT2D eigenvalue weighted by Crippen LogP contribution is -2.46. The molecule has 0 atom stereocenters. The Balaban J connectivity index is 1.04. The molecule has 0 radical (unpaired) electrons. The normalized spacial score (nSPS) is 19.7. The van der Waals surface area contributed by atoms with Crippen molar-refractivity contribution >= 4 is 23.3 Å². The van der Waals surface area contributed by atoms with Crippen LogP contribution >= 0.6 is 0 Å². The first-order chi connectivity index (χ1) is 21.8. The number of alkyl halides is 6. The minimum absolute atomic E-state index is 0.0625. The second-order valence-electron chi connectivity index (χ2n) is 11.4. The Morgan fingerprint density at radius 1 is 0.913 bits per heavy atom. The summed E-state index contributed by atoms with van der Waals surface area (Å²) in [6.07, 6.45) is -1.07. The molecule has 0 amide bonds. The van der Waals surface area contributed by atoms with Crippen molar-refractivity contribution in [3.8, 4) is 5.75 Å². The highest BCUT2D eigenvalue weighted by Crippen LogP contribution is 2.38. The maximum Gasteiger partial charge on any atom is 0.423 e. The number of hydrogen-bond donors (Lipinski definition) is 1. The highest BCUT2D eigenvalue weighted by atomic mass is 19.4. The maximum atomic E-state index is 13.3. The van der Waals surface area contributed by atoms with Crippen LogP contribution in [-0.2, 0) is 12.4 Å². The van der Waals surface area contributed by atoms with Crippen molar-refractivity contribution in [1.82, 2.24) is 9.88 Å². The van der Waals surface area contributed by atoms with Crippen LogP contribution in [0, 0.1) is 10.1 Å². The van der Waals surface area contributed by atoms with Crippen molar-refractivity contribution in [1.29, 1.82) is 0 Å². The van der Waals surface area contributed by atoms with E-state index in [-0.39, 0.29) is 17.8 Å². The molecule has 5 rings (SSSR count). The summed E-state index contributed by atoms with van der Waals surface area (Å²) in [5.41, 5.74) is -2.00. The van der Waals surface area contributed by atoms with Crippen LogP contribution < -0.4 is 15.0 Å². The van der Waals surface area contributed by atoms with Crippen LogP contribution in [0.3, 0.4) is 0 Å². The van der Waals surface area contributed by atoms with Gasteiger partial charge in [-0.25, -0.2) is 4.98 Å². The maximum absolute atomic E-state index is 13.3. The fourth-order valence-corrected chi connectivity index (χ4v) is 5.68. The molecule has 1 saturated heterocycles. The number of pyridine rings is 1. The number of nitrogens with zero attached hydrogens (tertiary/aromatic N) is 4. The van der Waals surface area contributed by atoms with Crippen molar-refractivity contribution in [3.05, 3.63) is 93.7 Å². The molecule has 8 nitrogen and oxygen atoms in total. The molecule has 1 aromatic heterocycles. The number of nitro groups is 1. The monoisotopic (exact) mass is 649 g/mol. The van der Waals surface area contributed by atoms with E-state index in [1.165, 1.54) is 18.2 Å². The molecule has 1 aliphatic heterocycles. The van der Waals surface area contributed by atoms with Crippen molar-refractivity contribution in [3.63, 3.8) is 0 Å². The van der Waals surface area contributed by atoms with Crippen LogP contribution in [0.4, 0.5) is 43.5 Å². The molecule has 3 aromatic rings. The van der Waals surface area contributed by atoms with Gasteiger partial charge in [0, 0.05) is 50.5 Å². The van der Waals surface area contributed by atoms with Crippen LogP contribution in [0.1, 0.15) is 42.4 Å². The number of rotatable bonds is 9.